The zero-order valence-electron chi connectivity index (χ0n) is 14.2. The van der Waals surface area contributed by atoms with Gasteiger partial charge in [0.2, 0.25) is 5.91 Å². The van der Waals surface area contributed by atoms with Crippen molar-refractivity contribution in [1.29, 1.82) is 0 Å². The van der Waals surface area contributed by atoms with Crippen LogP contribution in [0.5, 0.6) is 0 Å². The molecule has 0 saturated heterocycles. The van der Waals surface area contributed by atoms with Gasteiger partial charge < -0.3 is 10.2 Å². The molecule has 4 heteroatoms. The van der Waals surface area contributed by atoms with Crippen LogP contribution in [-0.4, -0.2) is 12.5 Å². The SMILES string of the molecule is CC1(C(=O)Nc2ccc(N3CCc4sccc4C3)cc2)CCCC1. The highest BCUT2D eigenvalue weighted by Gasteiger charge is 2.36. The Balaban J connectivity index is 1.43. The van der Waals surface area contributed by atoms with E-state index in [1.54, 1.807) is 0 Å². The van der Waals surface area contributed by atoms with E-state index in [0.29, 0.717) is 0 Å². The van der Waals surface area contributed by atoms with Crippen molar-refractivity contribution in [3.63, 3.8) is 0 Å². The van der Waals surface area contributed by atoms with Gasteiger partial charge in [-0.3, -0.25) is 4.79 Å². The van der Waals surface area contributed by atoms with E-state index in [1.807, 2.05) is 23.5 Å². The highest BCUT2D eigenvalue weighted by molar-refractivity contribution is 7.10. The molecule has 24 heavy (non-hydrogen) atoms. The fraction of sp³-hybridized carbons (Fsp3) is 0.450. The van der Waals surface area contributed by atoms with Crippen molar-refractivity contribution in [2.45, 2.75) is 45.6 Å². The highest BCUT2D eigenvalue weighted by atomic mass is 32.1. The minimum atomic E-state index is -0.180. The molecule has 1 amide bonds. The van der Waals surface area contributed by atoms with Crippen molar-refractivity contribution in [3.8, 4) is 0 Å². The molecular formula is C20H24N2OS. The van der Waals surface area contributed by atoms with Crippen molar-refractivity contribution in [1.82, 2.24) is 0 Å². The lowest BCUT2D eigenvalue weighted by molar-refractivity contribution is -0.124. The second-order valence-corrected chi connectivity index (χ2v) is 8.31. The molecule has 0 atom stereocenters. The van der Waals surface area contributed by atoms with Gasteiger partial charge in [0.15, 0.2) is 0 Å². The summed E-state index contributed by atoms with van der Waals surface area (Å²) in [6.07, 6.45) is 5.48. The number of carbonyl (C=O) groups excluding carboxylic acids is 1. The largest absolute Gasteiger partial charge is 0.367 e. The van der Waals surface area contributed by atoms with E-state index < -0.39 is 0 Å². The van der Waals surface area contributed by atoms with Crippen molar-refractivity contribution >= 4 is 28.6 Å². The van der Waals surface area contributed by atoms with Crippen molar-refractivity contribution in [2.75, 3.05) is 16.8 Å². The predicted molar refractivity (Wildman–Crippen MR) is 101 cm³/mol. The standard InChI is InChI=1S/C20H24N2OS/c1-20(10-2-3-11-20)19(23)21-16-4-6-17(7-5-16)22-12-8-18-15(14-22)9-13-24-18/h4-7,9,13H,2-3,8,10-12,14H2,1H3,(H,21,23). The number of thiophene rings is 1. The van der Waals surface area contributed by atoms with Gasteiger partial charge >= 0.3 is 0 Å². The zero-order chi connectivity index (χ0) is 16.6. The molecule has 1 fully saturated rings. The molecule has 1 saturated carbocycles. The number of nitrogens with one attached hydrogen (secondary N) is 1. The first kappa shape index (κ1) is 15.7. The van der Waals surface area contributed by atoms with Crippen LogP contribution in [0.15, 0.2) is 35.7 Å². The number of rotatable bonds is 3. The van der Waals surface area contributed by atoms with Gasteiger partial charge in [-0.15, -0.1) is 11.3 Å². The van der Waals surface area contributed by atoms with Gasteiger partial charge in [-0.2, -0.15) is 0 Å². The molecular weight excluding hydrogens is 316 g/mol. The van der Waals surface area contributed by atoms with Gasteiger partial charge in [0.05, 0.1) is 0 Å². The predicted octanol–water partition coefficient (Wildman–Crippen LogP) is 4.83. The van der Waals surface area contributed by atoms with Gasteiger partial charge in [-0.25, -0.2) is 0 Å². The maximum absolute atomic E-state index is 12.5. The van der Waals surface area contributed by atoms with Crippen molar-refractivity contribution in [2.24, 2.45) is 5.41 Å². The summed E-state index contributed by atoms with van der Waals surface area (Å²) in [5.41, 5.74) is 3.42. The quantitative estimate of drug-likeness (QED) is 0.868. The Bertz CT molecular complexity index is 728. The third-order valence-electron chi connectivity index (χ3n) is 5.55. The average molecular weight is 340 g/mol. The van der Waals surface area contributed by atoms with Crippen LogP contribution < -0.4 is 10.2 Å². The first-order chi connectivity index (χ1) is 11.6. The van der Waals surface area contributed by atoms with Crippen LogP contribution in [0.4, 0.5) is 11.4 Å². The lowest BCUT2D eigenvalue weighted by Crippen LogP contribution is -2.31. The Labute approximate surface area is 147 Å². The number of hydrogen-bond acceptors (Lipinski definition) is 3. The summed E-state index contributed by atoms with van der Waals surface area (Å²) >= 11 is 1.87. The molecule has 2 heterocycles. The van der Waals surface area contributed by atoms with Crippen LogP contribution in [-0.2, 0) is 17.8 Å². The molecule has 126 valence electrons. The number of carbonyl (C=O) groups is 1. The zero-order valence-corrected chi connectivity index (χ0v) is 15.0. The van der Waals surface area contributed by atoms with Crippen LogP contribution in [0.3, 0.4) is 0 Å². The van der Waals surface area contributed by atoms with E-state index in [9.17, 15) is 4.79 Å². The van der Waals surface area contributed by atoms with Crippen LogP contribution in [0, 0.1) is 5.41 Å². The molecule has 1 aliphatic heterocycles. The van der Waals surface area contributed by atoms with Crippen LogP contribution in [0.2, 0.25) is 0 Å². The normalized spacial score (nSPS) is 19.1. The summed E-state index contributed by atoms with van der Waals surface area (Å²) < 4.78 is 0. The summed E-state index contributed by atoms with van der Waals surface area (Å²) in [5, 5.41) is 5.30. The summed E-state index contributed by atoms with van der Waals surface area (Å²) in [7, 11) is 0. The van der Waals surface area contributed by atoms with Gasteiger partial charge in [0.1, 0.15) is 0 Å². The minimum absolute atomic E-state index is 0.175. The van der Waals surface area contributed by atoms with Gasteiger partial charge in [0.25, 0.3) is 0 Å². The Morgan fingerprint density at radius 2 is 1.92 bits per heavy atom. The topological polar surface area (TPSA) is 32.3 Å². The highest BCUT2D eigenvalue weighted by Crippen LogP contribution is 2.38. The van der Waals surface area contributed by atoms with E-state index in [-0.39, 0.29) is 11.3 Å². The fourth-order valence-electron chi connectivity index (χ4n) is 3.89. The van der Waals surface area contributed by atoms with E-state index in [2.05, 4.69) is 40.7 Å². The van der Waals surface area contributed by atoms with Crippen LogP contribution in [0.1, 0.15) is 43.0 Å². The lowest BCUT2D eigenvalue weighted by atomic mass is 9.88. The number of nitrogens with zero attached hydrogens (tertiary/aromatic N) is 1. The number of benzene rings is 1. The van der Waals surface area contributed by atoms with Gasteiger partial charge in [0, 0.05) is 34.8 Å². The van der Waals surface area contributed by atoms with E-state index in [4.69, 9.17) is 0 Å². The van der Waals surface area contributed by atoms with Gasteiger partial charge in [-0.1, -0.05) is 19.8 Å². The molecule has 4 rings (SSSR count). The molecule has 2 aromatic rings. The number of anilines is 2. The molecule has 0 unspecified atom stereocenters. The first-order valence-electron chi connectivity index (χ1n) is 8.86. The smallest absolute Gasteiger partial charge is 0.230 e. The average Bonchev–Trinajstić information content (AvgIpc) is 3.24. The second kappa shape index (κ2) is 6.25. The van der Waals surface area contributed by atoms with Crippen LogP contribution in [0.25, 0.3) is 0 Å². The number of amides is 1. The molecule has 1 aromatic heterocycles. The molecule has 1 aromatic carbocycles. The maximum atomic E-state index is 12.5. The van der Waals surface area contributed by atoms with Crippen molar-refractivity contribution in [3.05, 3.63) is 46.2 Å². The summed E-state index contributed by atoms with van der Waals surface area (Å²) in [4.78, 5) is 16.5. The Morgan fingerprint density at radius 3 is 2.67 bits per heavy atom. The lowest BCUT2D eigenvalue weighted by Gasteiger charge is -2.29. The summed E-state index contributed by atoms with van der Waals surface area (Å²) in [5.74, 6) is 0.175. The fourth-order valence-corrected chi connectivity index (χ4v) is 4.78. The summed E-state index contributed by atoms with van der Waals surface area (Å²) in [6, 6.07) is 10.6. The molecule has 2 aliphatic rings. The molecule has 3 nitrogen and oxygen atoms in total. The second-order valence-electron chi connectivity index (χ2n) is 7.31. The third kappa shape index (κ3) is 2.95. The van der Waals surface area contributed by atoms with E-state index in [0.717, 1.165) is 38.0 Å². The monoisotopic (exact) mass is 340 g/mol. The maximum Gasteiger partial charge on any atom is 0.230 e. The van der Waals surface area contributed by atoms with E-state index in [1.165, 1.54) is 29.0 Å². The van der Waals surface area contributed by atoms with Crippen LogP contribution >= 0.6 is 11.3 Å². The molecule has 1 N–H and O–H groups in total. The third-order valence-corrected chi connectivity index (χ3v) is 6.58. The minimum Gasteiger partial charge on any atom is -0.367 e. The first-order valence-corrected chi connectivity index (χ1v) is 9.74. The molecule has 1 aliphatic carbocycles. The van der Waals surface area contributed by atoms with Gasteiger partial charge in [-0.05, 0) is 60.5 Å². The summed E-state index contributed by atoms with van der Waals surface area (Å²) in [6.45, 7) is 4.15. The Hall–Kier alpha value is -1.81. The molecule has 0 bridgehead atoms. The Morgan fingerprint density at radius 1 is 1.17 bits per heavy atom. The van der Waals surface area contributed by atoms with E-state index >= 15 is 0 Å². The number of fused-ring (bicyclic) bond motifs is 1. The number of hydrogen-bond donors (Lipinski definition) is 1. The molecule has 0 radical (unpaired) electrons. The Kier molecular flexibility index (Phi) is 4.09. The molecule has 0 spiro atoms. The van der Waals surface area contributed by atoms with Crippen molar-refractivity contribution < 1.29 is 4.79 Å².